The van der Waals surface area contributed by atoms with Gasteiger partial charge in [0.2, 0.25) is 0 Å². The summed E-state index contributed by atoms with van der Waals surface area (Å²) in [6, 6.07) is 28.6. The number of benzene rings is 3. The minimum Gasteiger partial charge on any atom is -0.356 e. The monoisotopic (exact) mass is 327 g/mol. The van der Waals surface area contributed by atoms with Gasteiger partial charge in [-0.3, -0.25) is 0 Å². The van der Waals surface area contributed by atoms with E-state index in [0.29, 0.717) is 0 Å². The normalized spacial score (nSPS) is 9.52. The Morgan fingerprint density at radius 2 is 0.880 bits per heavy atom. The van der Waals surface area contributed by atoms with Crippen LogP contribution in [0.2, 0.25) is 0 Å². The lowest BCUT2D eigenvalue weighted by atomic mass is 10.0. The van der Waals surface area contributed by atoms with E-state index in [1.165, 1.54) is 11.1 Å². The van der Waals surface area contributed by atoms with Crippen molar-refractivity contribution in [2.45, 2.75) is 13.8 Å². The van der Waals surface area contributed by atoms with Crippen LogP contribution in [0.1, 0.15) is 25.0 Å². The number of allylic oxidation sites excluding steroid dienone is 2. The molecule has 3 aromatic rings. The Kier molecular flexibility index (Phi) is 6.79. The summed E-state index contributed by atoms with van der Waals surface area (Å²) in [6.07, 6.45) is 0. The molecule has 0 bridgehead atoms. The van der Waals surface area contributed by atoms with Crippen LogP contribution in [0.5, 0.6) is 0 Å². The standard InChI is InChI=1S/C12H11N.C12H14/c1-3-7-11(8-4-1)13-12-9-5-2-6-10-12;1-9(2)11-5-7-12(8-6-11)10(3)4/h1-10,13H;5-8H,1,3H2,2,4H3. The van der Waals surface area contributed by atoms with E-state index >= 15 is 0 Å². The zero-order valence-corrected chi connectivity index (χ0v) is 15.0. The molecule has 0 aromatic heterocycles. The first kappa shape index (κ1) is 18.3. The maximum atomic E-state index is 3.88. The van der Waals surface area contributed by atoms with Gasteiger partial charge in [-0.1, -0.05) is 85.0 Å². The molecule has 0 aliphatic carbocycles. The van der Waals surface area contributed by atoms with Crippen molar-refractivity contribution in [1.82, 2.24) is 0 Å². The number of anilines is 2. The van der Waals surface area contributed by atoms with E-state index in [1.807, 2.05) is 74.5 Å². The molecule has 0 saturated carbocycles. The molecule has 1 nitrogen and oxygen atoms in total. The predicted octanol–water partition coefficient (Wildman–Crippen LogP) is 7.18. The zero-order chi connectivity index (χ0) is 18.1. The Morgan fingerprint density at radius 3 is 1.16 bits per heavy atom. The van der Waals surface area contributed by atoms with Gasteiger partial charge in [0.05, 0.1) is 0 Å². The molecule has 126 valence electrons. The molecular formula is C24H25N. The van der Waals surface area contributed by atoms with Gasteiger partial charge in [-0.15, -0.1) is 0 Å². The molecule has 1 heteroatoms. The van der Waals surface area contributed by atoms with Crippen molar-refractivity contribution in [1.29, 1.82) is 0 Å². The molecule has 3 rings (SSSR count). The Hall–Kier alpha value is -3.06. The summed E-state index contributed by atoms with van der Waals surface area (Å²) in [5, 5.41) is 3.30. The second-order valence-electron chi connectivity index (χ2n) is 6.00. The molecule has 0 unspecified atom stereocenters. The van der Waals surface area contributed by atoms with Gasteiger partial charge in [-0.25, -0.2) is 0 Å². The molecule has 0 fully saturated rings. The van der Waals surface area contributed by atoms with Gasteiger partial charge < -0.3 is 5.32 Å². The molecule has 0 heterocycles. The predicted molar refractivity (Wildman–Crippen MR) is 112 cm³/mol. The lowest BCUT2D eigenvalue weighted by Gasteiger charge is -2.04. The highest BCUT2D eigenvalue weighted by atomic mass is 14.9. The second kappa shape index (κ2) is 9.29. The molecule has 0 aliphatic rings. The molecule has 0 spiro atoms. The number of hydrogen-bond acceptors (Lipinski definition) is 1. The molecule has 0 radical (unpaired) electrons. The molecule has 0 amide bonds. The first-order chi connectivity index (χ1) is 12.1. The first-order valence-corrected chi connectivity index (χ1v) is 8.35. The average molecular weight is 327 g/mol. The van der Waals surface area contributed by atoms with Crippen molar-refractivity contribution in [2.24, 2.45) is 0 Å². The lowest BCUT2D eigenvalue weighted by molar-refractivity contribution is 1.53. The number of nitrogens with one attached hydrogen (secondary N) is 1. The van der Waals surface area contributed by atoms with E-state index in [1.54, 1.807) is 0 Å². The second-order valence-corrected chi connectivity index (χ2v) is 6.00. The summed E-state index contributed by atoms with van der Waals surface area (Å²) >= 11 is 0. The largest absolute Gasteiger partial charge is 0.356 e. The van der Waals surface area contributed by atoms with Crippen LogP contribution >= 0.6 is 0 Å². The van der Waals surface area contributed by atoms with Gasteiger partial charge in [0.1, 0.15) is 0 Å². The summed E-state index contributed by atoms with van der Waals surface area (Å²) in [5.74, 6) is 0. The molecule has 25 heavy (non-hydrogen) atoms. The third-order valence-electron chi connectivity index (χ3n) is 3.71. The summed E-state index contributed by atoms with van der Waals surface area (Å²) in [4.78, 5) is 0. The fourth-order valence-corrected chi connectivity index (χ4v) is 2.25. The number of hydrogen-bond donors (Lipinski definition) is 1. The van der Waals surface area contributed by atoms with Crippen molar-refractivity contribution in [3.8, 4) is 0 Å². The molecule has 0 aliphatic heterocycles. The zero-order valence-electron chi connectivity index (χ0n) is 15.0. The van der Waals surface area contributed by atoms with E-state index in [9.17, 15) is 0 Å². The molecule has 1 N–H and O–H groups in total. The van der Waals surface area contributed by atoms with E-state index in [4.69, 9.17) is 0 Å². The Bertz CT molecular complexity index is 729. The molecule has 3 aromatic carbocycles. The van der Waals surface area contributed by atoms with Gasteiger partial charge in [0.15, 0.2) is 0 Å². The Balaban J connectivity index is 0.000000181. The van der Waals surface area contributed by atoms with E-state index in [2.05, 4.69) is 42.7 Å². The molecular weight excluding hydrogens is 302 g/mol. The maximum absolute atomic E-state index is 3.88. The summed E-state index contributed by atoms with van der Waals surface area (Å²) in [5.41, 5.74) is 6.83. The average Bonchev–Trinajstić information content (AvgIpc) is 2.64. The van der Waals surface area contributed by atoms with Gasteiger partial charge in [0, 0.05) is 11.4 Å². The van der Waals surface area contributed by atoms with Crippen molar-refractivity contribution < 1.29 is 0 Å². The molecule has 0 saturated heterocycles. The van der Waals surface area contributed by atoms with E-state index < -0.39 is 0 Å². The quantitative estimate of drug-likeness (QED) is 0.535. The third kappa shape index (κ3) is 6.15. The van der Waals surface area contributed by atoms with Crippen molar-refractivity contribution in [2.75, 3.05) is 5.32 Å². The minimum absolute atomic E-state index is 1.10. The van der Waals surface area contributed by atoms with Crippen molar-refractivity contribution in [3.63, 3.8) is 0 Å². The van der Waals surface area contributed by atoms with Crippen LogP contribution in [-0.4, -0.2) is 0 Å². The topological polar surface area (TPSA) is 12.0 Å². The van der Waals surface area contributed by atoms with Crippen LogP contribution in [0.25, 0.3) is 11.1 Å². The third-order valence-corrected chi connectivity index (χ3v) is 3.71. The van der Waals surface area contributed by atoms with Crippen LogP contribution in [0.15, 0.2) is 98.1 Å². The van der Waals surface area contributed by atoms with Gasteiger partial charge in [-0.05, 0) is 49.2 Å². The van der Waals surface area contributed by atoms with Gasteiger partial charge >= 0.3 is 0 Å². The summed E-state index contributed by atoms with van der Waals surface area (Å²) in [6.45, 7) is 11.8. The van der Waals surface area contributed by atoms with Crippen molar-refractivity contribution >= 4 is 22.5 Å². The van der Waals surface area contributed by atoms with Crippen LogP contribution < -0.4 is 5.32 Å². The number of para-hydroxylation sites is 2. The van der Waals surface area contributed by atoms with Crippen LogP contribution in [0.3, 0.4) is 0 Å². The Labute approximate surface area is 151 Å². The fourth-order valence-electron chi connectivity index (χ4n) is 2.25. The summed E-state index contributed by atoms with van der Waals surface area (Å²) in [7, 11) is 0. The van der Waals surface area contributed by atoms with Crippen LogP contribution in [-0.2, 0) is 0 Å². The number of rotatable bonds is 4. The highest BCUT2D eigenvalue weighted by molar-refractivity contribution is 5.66. The Morgan fingerprint density at radius 1 is 0.560 bits per heavy atom. The first-order valence-electron chi connectivity index (χ1n) is 8.35. The van der Waals surface area contributed by atoms with Gasteiger partial charge in [-0.2, -0.15) is 0 Å². The van der Waals surface area contributed by atoms with Crippen molar-refractivity contribution in [3.05, 3.63) is 109 Å². The smallest absolute Gasteiger partial charge is 0.0384 e. The van der Waals surface area contributed by atoms with Crippen LogP contribution in [0, 0.1) is 0 Å². The minimum atomic E-state index is 1.10. The maximum Gasteiger partial charge on any atom is 0.0384 e. The summed E-state index contributed by atoms with van der Waals surface area (Å²) < 4.78 is 0. The molecule has 0 atom stereocenters. The highest BCUT2D eigenvalue weighted by Crippen LogP contribution is 2.16. The highest BCUT2D eigenvalue weighted by Gasteiger charge is 1.94. The fraction of sp³-hybridized carbons (Fsp3) is 0.0833. The van der Waals surface area contributed by atoms with E-state index in [-0.39, 0.29) is 0 Å². The van der Waals surface area contributed by atoms with Gasteiger partial charge in [0.25, 0.3) is 0 Å². The SMILES string of the molecule is C=C(C)c1ccc(C(=C)C)cc1.c1ccc(Nc2ccccc2)cc1. The van der Waals surface area contributed by atoms with Crippen LogP contribution in [0.4, 0.5) is 11.4 Å². The van der Waals surface area contributed by atoms with E-state index in [0.717, 1.165) is 22.5 Å². The lowest BCUT2D eigenvalue weighted by Crippen LogP contribution is -1.87.